The third kappa shape index (κ3) is 9.15. The van der Waals surface area contributed by atoms with E-state index in [1.807, 2.05) is 0 Å². The van der Waals surface area contributed by atoms with Crippen LogP contribution in [0.15, 0.2) is 0 Å². The summed E-state index contributed by atoms with van der Waals surface area (Å²) in [6.07, 6.45) is 0.555. The second-order valence-electron chi connectivity index (χ2n) is 4.41. The standard InChI is InChI=1S/C12H22N2O5/c1-8(15)14-10(4-6-12(17)18)11(16)5-3-9(13)7-19-2/h9-10H,3-7,13H2,1-2H3,(H,14,15)(H,17,18). The van der Waals surface area contributed by atoms with Gasteiger partial charge in [0.05, 0.1) is 12.6 Å². The number of nitrogens with one attached hydrogen (secondary N) is 1. The number of ether oxygens (including phenoxy) is 1. The lowest BCUT2D eigenvalue weighted by Crippen LogP contribution is -2.40. The number of rotatable bonds is 10. The number of aliphatic carboxylic acids is 1. The Morgan fingerprint density at radius 3 is 2.37 bits per heavy atom. The van der Waals surface area contributed by atoms with Gasteiger partial charge in [0.15, 0.2) is 5.78 Å². The summed E-state index contributed by atoms with van der Waals surface area (Å²) < 4.78 is 4.86. The topological polar surface area (TPSA) is 119 Å². The Bertz CT molecular complexity index is 319. The number of carbonyl (C=O) groups excluding carboxylic acids is 2. The molecule has 2 atom stereocenters. The Balaban J connectivity index is 4.28. The molecule has 110 valence electrons. The number of ketones is 1. The second kappa shape index (κ2) is 9.46. The zero-order chi connectivity index (χ0) is 14.8. The van der Waals surface area contributed by atoms with E-state index in [2.05, 4.69) is 5.32 Å². The minimum absolute atomic E-state index is 0.0905. The normalized spacial score (nSPS) is 13.6. The van der Waals surface area contributed by atoms with Crippen molar-refractivity contribution in [2.75, 3.05) is 13.7 Å². The smallest absolute Gasteiger partial charge is 0.303 e. The van der Waals surface area contributed by atoms with E-state index >= 15 is 0 Å². The summed E-state index contributed by atoms with van der Waals surface area (Å²) in [5.74, 6) is -1.56. The summed E-state index contributed by atoms with van der Waals surface area (Å²) in [5.41, 5.74) is 5.70. The SMILES string of the molecule is COCC(N)CCC(=O)C(CCC(=O)O)NC(C)=O. The van der Waals surface area contributed by atoms with E-state index in [-0.39, 0.29) is 37.0 Å². The average molecular weight is 274 g/mol. The van der Waals surface area contributed by atoms with E-state index in [0.717, 1.165) is 0 Å². The summed E-state index contributed by atoms with van der Waals surface area (Å²) in [6.45, 7) is 1.64. The molecule has 0 radical (unpaired) electrons. The number of hydrogen-bond donors (Lipinski definition) is 3. The molecular weight excluding hydrogens is 252 g/mol. The van der Waals surface area contributed by atoms with Crippen molar-refractivity contribution in [1.29, 1.82) is 0 Å². The molecule has 2 unspecified atom stereocenters. The average Bonchev–Trinajstić information content (AvgIpc) is 2.31. The van der Waals surface area contributed by atoms with E-state index in [4.69, 9.17) is 15.6 Å². The molecule has 0 aromatic carbocycles. The van der Waals surface area contributed by atoms with Crippen molar-refractivity contribution < 1.29 is 24.2 Å². The quantitative estimate of drug-likeness (QED) is 0.502. The maximum Gasteiger partial charge on any atom is 0.303 e. The fraction of sp³-hybridized carbons (Fsp3) is 0.750. The van der Waals surface area contributed by atoms with Crippen molar-refractivity contribution in [3.05, 3.63) is 0 Å². The molecule has 0 bridgehead atoms. The van der Waals surface area contributed by atoms with E-state index in [1.165, 1.54) is 14.0 Å². The molecule has 4 N–H and O–H groups in total. The second-order valence-corrected chi connectivity index (χ2v) is 4.41. The highest BCUT2D eigenvalue weighted by Crippen LogP contribution is 2.05. The summed E-state index contributed by atoms with van der Waals surface area (Å²) >= 11 is 0. The van der Waals surface area contributed by atoms with Crippen molar-refractivity contribution in [3.63, 3.8) is 0 Å². The number of amides is 1. The van der Waals surface area contributed by atoms with Crippen molar-refractivity contribution in [2.24, 2.45) is 5.73 Å². The first-order valence-corrected chi connectivity index (χ1v) is 6.13. The highest BCUT2D eigenvalue weighted by atomic mass is 16.5. The van der Waals surface area contributed by atoms with Gasteiger partial charge in [0.1, 0.15) is 0 Å². The molecule has 0 rings (SSSR count). The van der Waals surface area contributed by atoms with Crippen LogP contribution in [-0.2, 0) is 19.1 Å². The Morgan fingerprint density at radius 1 is 1.26 bits per heavy atom. The van der Waals surface area contributed by atoms with Crippen LogP contribution in [-0.4, -0.2) is 48.6 Å². The number of carboxylic acids is 1. The van der Waals surface area contributed by atoms with Gasteiger partial charge in [-0.1, -0.05) is 0 Å². The molecule has 1 amide bonds. The number of carbonyl (C=O) groups is 3. The summed E-state index contributed by atoms with van der Waals surface area (Å²) in [6, 6.07) is -1.00. The molecule has 0 aromatic heterocycles. The molecule has 0 aliphatic carbocycles. The predicted molar refractivity (Wildman–Crippen MR) is 68.6 cm³/mol. The molecule has 0 aliphatic heterocycles. The third-order valence-electron chi connectivity index (χ3n) is 2.56. The van der Waals surface area contributed by atoms with Gasteiger partial charge in [-0.2, -0.15) is 0 Å². The maximum absolute atomic E-state index is 11.9. The van der Waals surface area contributed by atoms with Gasteiger partial charge in [0.2, 0.25) is 5.91 Å². The van der Waals surface area contributed by atoms with Crippen LogP contribution in [0.4, 0.5) is 0 Å². The molecule has 0 heterocycles. The van der Waals surface area contributed by atoms with E-state index in [1.54, 1.807) is 0 Å². The molecule has 0 saturated heterocycles. The number of methoxy groups -OCH3 is 1. The molecule has 0 aromatic rings. The van der Waals surface area contributed by atoms with Crippen LogP contribution in [0.1, 0.15) is 32.6 Å². The predicted octanol–water partition coefficient (Wildman–Crippen LogP) is -0.321. The monoisotopic (exact) mass is 274 g/mol. The van der Waals surface area contributed by atoms with Crippen molar-refractivity contribution in [3.8, 4) is 0 Å². The molecule has 19 heavy (non-hydrogen) atoms. The Kier molecular flexibility index (Phi) is 8.73. The van der Waals surface area contributed by atoms with Crippen LogP contribution in [0.25, 0.3) is 0 Å². The molecule has 0 spiro atoms. The van der Waals surface area contributed by atoms with Crippen LogP contribution in [0, 0.1) is 0 Å². The van der Waals surface area contributed by atoms with Crippen LogP contribution in [0.2, 0.25) is 0 Å². The van der Waals surface area contributed by atoms with Gasteiger partial charge in [-0.05, 0) is 12.8 Å². The third-order valence-corrected chi connectivity index (χ3v) is 2.56. The summed E-state index contributed by atoms with van der Waals surface area (Å²) in [4.78, 5) is 33.4. The first-order valence-electron chi connectivity index (χ1n) is 6.13. The lowest BCUT2D eigenvalue weighted by atomic mass is 10.0. The minimum atomic E-state index is -1.00. The highest BCUT2D eigenvalue weighted by molar-refractivity contribution is 5.88. The zero-order valence-corrected chi connectivity index (χ0v) is 11.3. The first-order chi connectivity index (χ1) is 8.86. The molecule has 0 fully saturated rings. The Hall–Kier alpha value is -1.47. The van der Waals surface area contributed by atoms with Crippen LogP contribution >= 0.6 is 0 Å². The molecule has 0 aliphatic rings. The van der Waals surface area contributed by atoms with Crippen LogP contribution < -0.4 is 11.1 Å². The molecule has 7 nitrogen and oxygen atoms in total. The number of Topliss-reactive ketones (excluding diaryl/α,β-unsaturated/α-hetero) is 1. The largest absolute Gasteiger partial charge is 0.481 e. The Labute approximate surface area is 112 Å². The van der Waals surface area contributed by atoms with Gasteiger partial charge in [-0.25, -0.2) is 0 Å². The maximum atomic E-state index is 11.9. The van der Waals surface area contributed by atoms with Gasteiger partial charge in [0.25, 0.3) is 0 Å². The summed E-state index contributed by atoms with van der Waals surface area (Å²) in [7, 11) is 1.52. The van der Waals surface area contributed by atoms with Crippen LogP contribution in [0.5, 0.6) is 0 Å². The van der Waals surface area contributed by atoms with Gasteiger partial charge < -0.3 is 20.9 Å². The number of carboxylic acid groups (broad SMARTS) is 1. The van der Waals surface area contributed by atoms with Crippen LogP contribution in [0.3, 0.4) is 0 Å². The minimum Gasteiger partial charge on any atom is -0.481 e. The van der Waals surface area contributed by atoms with Crippen molar-refractivity contribution in [1.82, 2.24) is 5.32 Å². The van der Waals surface area contributed by atoms with Gasteiger partial charge in [0, 0.05) is 32.9 Å². The molecule has 0 saturated carbocycles. The lowest BCUT2D eigenvalue weighted by Gasteiger charge is -2.17. The number of nitrogens with two attached hydrogens (primary N) is 1. The number of hydrogen-bond acceptors (Lipinski definition) is 5. The zero-order valence-electron chi connectivity index (χ0n) is 11.3. The Morgan fingerprint density at radius 2 is 1.89 bits per heavy atom. The fourth-order valence-electron chi connectivity index (χ4n) is 1.63. The van der Waals surface area contributed by atoms with Gasteiger partial charge in [-0.3, -0.25) is 14.4 Å². The van der Waals surface area contributed by atoms with E-state index in [9.17, 15) is 14.4 Å². The van der Waals surface area contributed by atoms with Gasteiger partial charge >= 0.3 is 5.97 Å². The van der Waals surface area contributed by atoms with E-state index < -0.39 is 12.0 Å². The fourth-order valence-corrected chi connectivity index (χ4v) is 1.63. The lowest BCUT2D eigenvalue weighted by molar-refractivity contribution is -0.137. The molecular formula is C12H22N2O5. The van der Waals surface area contributed by atoms with Gasteiger partial charge in [-0.15, -0.1) is 0 Å². The molecule has 7 heteroatoms. The van der Waals surface area contributed by atoms with Crippen molar-refractivity contribution >= 4 is 17.7 Å². The summed E-state index contributed by atoms with van der Waals surface area (Å²) in [5, 5.41) is 11.1. The highest BCUT2D eigenvalue weighted by Gasteiger charge is 2.20. The first kappa shape index (κ1) is 17.5. The van der Waals surface area contributed by atoms with E-state index in [0.29, 0.717) is 13.0 Å². The van der Waals surface area contributed by atoms with Crippen molar-refractivity contribution in [2.45, 2.75) is 44.7 Å².